The summed E-state index contributed by atoms with van der Waals surface area (Å²) >= 11 is 0. The molecule has 1 aromatic carbocycles. The van der Waals surface area contributed by atoms with Crippen molar-refractivity contribution < 1.29 is 9.47 Å². The zero-order chi connectivity index (χ0) is 13.0. The van der Waals surface area contributed by atoms with E-state index in [1.165, 1.54) is 30.4 Å². The van der Waals surface area contributed by atoms with Gasteiger partial charge in [-0.25, -0.2) is 0 Å². The van der Waals surface area contributed by atoms with Crippen LogP contribution < -0.4 is 14.8 Å². The molecule has 0 amide bonds. The molecule has 100 valence electrons. The number of benzene rings is 1. The molecule has 1 saturated heterocycles. The highest BCUT2D eigenvalue weighted by Gasteiger charge is 2.23. The second-order valence-electron chi connectivity index (χ2n) is 4.72. The van der Waals surface area contributed by atoms with E-state index in [0.29, 0.717) is 6.04 Å². The molecular formula is C15H23NO2. The molecule has 1 N–H and O–H groups in total. The number of nitrogens with one attached hydrogen (secondary N) is 1. The summed E-state index contributed by atoms with van der Waals surface area (Å²) in [5.74, 6) is 1.95. The molecule has 1 aromatic rings. The average Bonchev–Trinajstić information content (AvgIpc) is 2.46. The zero-order valence-electron chi connectivity index (χ0n) is 11.6. The Morgan fingerprint density at radius 2 is 1.89 bits per heavy atom. The Kier molecular flexibility index (Phi) is 4.48. The maximum atomic E-state index is 5.54. The van der Waals surface area contributed by atoms with Crippen molar-refractivity contribution in [2.24, 2.45) is 0 Å². The highest BCUT2D eigenvalue weighted by molar-refractivity contribution is 5.50. The van der Waals surface area contributed by atoms with E-state index in [1.807, 2.05) is 12.1 Å². The summed E-state index contributed by atoms with van der Waals surface area (Å²) in [6, 6.07) is 4.42. The second-order valence-corrected chi connectivity index (χ2v) is 4.72. The van der Waals surface area contributed by atoms with Gasteiger partial charge in [-0.1, -0.05) is 13.3 Å². The molecule has 1 atom stereocenters. The largest absolute Gasteiger partial charge is 0.496 e. The minimum atomic E-state index is 0.402. The van der Waals surface area contributed by atoms with E-state index in [9.17, 15) is 0 Å². The first-order valence-electron chi connectivity index (χ1n) is 6.79. The van der Waals surface area contributed by atoms with E-state index in [-0.39, 0.29) is 0 Å². The molecular weight excluding hydrogens is 226 g/mol. The first kappa shape index (κ1) is 13.2. The van der Waals surface area contributed by atoms with Crippen LogP contribution in [0.15, 0.2) is 12.1 Å². The molecule has 0 saturated carbocycles. The number of rotatable bonds is 4. The molecule has 1 unspecified atom stereocenters. The summed E-state index contributed by atoms with van der Waals surface area (Å²) in [6.45, 7) is 3.26. The number of hydrogen-bond donors (Lipinski definition) is 1. The molecule has 0 aliphatic carbocycles. The molecule has 3 heteroatoms. The van der Waals surface area contributed by atoms with Gasteiger partial charge in [-0.3, -0.25) is 0 Å². The predicted octanol–water partition coefficient (Wildman–Crippen LogP) is 3.08. The Labute approximate surface area is 109 Å². The van der Waals surface area contributed by atoms with Crippen LogP contribution in [0.2, 0.25) is 0 Å². The van der Waals surface area contributed by atoms with Gasteiger partial charge < -0.3 is 14.8 Å². The quantitative estimate of drug-likeness (QED) is 0.889. The van der Waals surface area contributed by atoms with Crippen molar-refractivity contribution in [2.75, 3.05) is 20.8 Å². The lowest BCUT2D eigenvalue weighted by Gasteiger charge is -2.28. The van der Waals surface area contributed by atoms with Crippen molar-refractivity contribution in [1.82, 2.24) is 5.32 Å². The van der Waals surface area contributed by atoms with E-state index >= 15 is 0 Å². The van der Waals surface area contributed by atoms with Gasteiger partial charge in [0.25, 0.3) is 0 Å². The van der Waals surface area contributed by atoms with Crippen LogP contribution in [0.25, 0.3) is 0 Å². The van der Waals surface area contributed by atoms with Crippen LogP contribution in [-0.4, -0.2) is 20.8 Å². The van der Waals surface area contributed by atoms with Crippen molar-refractivity contribution in [3.05, 3.63) is 23.3 Å². The molecule has 0 radical (unpaired) electrons. The minimum absolute atomic E-state index is 0.402. The van der Waals surface area contributed by atoms with E-state index < -0.39 is 0 Å². The van der Waals surface area contributed by atoms with Crippen LogP contribution in [0.4, 0.5) is 0 Å². The fourth-order valence-electron chi connectivity index (χ4n) is 2.84. The SMILES string of the molecule is CCc1c(OC)ccc(OC)c1C1CCCCN1. The first-order chi connectivity index (χ1) is 8.81. The van der Waals surface area contributed by atoms with Gasteiger partial charge in [0, 0.05) is 17.2 Å². The topological polar surface area (TPSA) is 30.5 Å². The summed E-state index contributed by atoms with van der Waals surface area (Å²) in [5, 5.41) is 3.60. The van der Waals surface area contributed by atoms with Gasteiger partial charge in [0.1, 0.15) is 11.5 Å². The maximum absolute atomic E-state index is 5.54. The van der Waals surface area contributed by atoms with Gasteiger partial charge in [0.15, 0.2) is 0 Å². The van der Waals surface area contributed by atoms with Gasteiger partial charge in [0.2, 0.25) is 0 Å². The van der Waals surface area contributed by atoms with Crippen LogP contribution in [0.1, 0.15) is 43.4 Å². The average molecular weight is 249 g/mol. The van der Waals surface area contributed by atoms with Crippen LogP contribution in [0, 0.1) is 0 Å². The minimum Gasteiger partial charge on any atom is -0.496 e. The fourth-order valence-corrected chi connectivity index (χ4v) is 2.84. The third-order valence-electron chi connectivity index (χ3n) is 3.73. The highest BCUT2D eigenvalue weighted by Crippen LogP contribution is 2.38. The van der Waals surface area contributed by atoms with Crippen molar-refractivity contribution in [1.29, 1.82) is 0 Å². The lowest BCUT2D eigenvalue weighted by molar-refractivity contribution is 0.364. The van der Waals surface area contributed by atoms with Crippen LogP contribution in [-0.2, 0) is 6.42 Å². The predicted molar refractivity (Wildman–Crippen MR) is 73.5 cm³/mol. The molecule has 0 spiro atoms. The van der Waals surface area contributed by atoms with Gasteiger partial charge in [0.05, 0.1) is 14.2 Å². The van der Waals surface area contributed by atoms with Gasteiger partial charge in [-0.05, 0) is 37.9 Å². The summed E-state index contributed by atoms with van der Waals surface area (Å²) in [5.41, 5.74) is 2.57. The maximum Gasteiger partial charge on any atom is 0.124 e. The number of methoxy groups -OCH3 is 2. The molecule has 1 aliphatic heterocycles. The highest BCUT2D eigenvalue weighted by atomic mass is 16.5. The summed E-state index contributed by atoms with van der Waals surface area (Å²) in [4.78, 5) is 0. The van der Waals surface area contributed by atoms with Crippen LogP contribution in [0.3, 0.4) is 0 Å². The smallest absolute Gasteiger partial charge is 0.124 e. The van der Waals surface area contributed by atoms with E-state index in [0.717, 1.165) is 24.5 Å². The molecule has 1 heterocycles. The normalized spacial score (nSPS) is 19.6. The van der Waals surface area contributed by atoms with Crippen molar-refractivity contribution in [2.45, 2.75) is 38.6 Å². The molecule has 1 aliphatic rings. The third kappa shape index (κ3) is 2.46. The molecule has 3 nitrogen and oxygen atoms in total. The van der Waals surface area contributed by atoms with E-state index in [1.54, 1.807) is 14.2 Å². The van der Waals surface area contributed by atoms with Crippen LogP contribution >= 0.6 is 0 Å². The Bertz CT molecular complexity index is 398. The lowest BCUT2D eigenvalue weighted by atomic mass is 9.91. The third-order valence-corrected chi connectivity index (χ3v) is 3.73. The van der Waals surface area contributed by atoms with Gasteiger partial charge in [-0.15, -0.1) is 0 Å². The molecule has 0 aromatic heterocycles. The van der Waals surface area contributed by atoms with Crippen molar-refractivity contribution in [3.63, 3.8) is 0 Å². The summed E-state index contributed by atoms with van der Waals surface area (Å²) in [7, 11) is 3.48. The standard InChI is InChI=1S/C15H23NO2/c1-4-11-13(17-2)8-9-14(18-3)15(11)12-7-5-6-10-16-12/h8-9,12,16H,4-7,10H2,1-3H3. The number of piperidine rings is 1. The molecule has 1 fully saturated rings. The first-order valence-corrected chi connectivity index (χ1v) is 6.79. The Balaban J connectivity index is 2.45. The Hall–Kier alpha value is -1.22. The fraction of sp³-hybridized carbons (Fsp3) is 0.600. The van der Waals surface area contributed by atoms with E-state index in [2.05, 4.69) is 12.2 Å². The summed E-state index contributed by atoms with van der Waals surface area (Å²) < 4.78 is 11.0. The monoisotopic (exact) mass is 249 g/mol. The Morgan fingerprint density at radius 1 is 1.17 bits per heavy atom. The van der Waals surface area contributed by atoms with E-state index in [4.69, 9.17) is 9.47 Å². The van der Waals surface area contributed by atoms with Crippen LogP contribution in [0.5, 0.6) is 11.5 Å². The molecule has 2 rings (SSSR count). The Morgan fingerprint density at radius 3 is 2.44 bits per heavy atom. The molecule has 18 heavy (non-hydrogen) atoms. The lowest BCUT2D eigenvalue weighted by Crippen LogP contribution is -2.28. The van der Waals surface area contributed by atoms with Crippen molar-refractivity contribution in [3.8, 4) is 11.5 Å². The van der Waals surface area contributed by atoms with Gasteiger partial charge in [-0.2, -0.15) is 0 Å². The van der Waals surface area contributed by atoms with Crippen molar-refractivity contribution >= 4 is 0 Å². The zero-order valence-corrected chi connectivity index (χ0v) is 11.6. The second kappa shape index (κ2) is 6.10. The number of ether oxygens (including phenoxy) is 2. The molecule has 0 bridgehead atoms. The number of hydrogen-bond acceptors (Lipinski definition) is 3. The van der Waals surface area contributed by atoms with Gasteiger partial charge >= 0.3 is 0 Å². The summed E-state index contributed by atoms with van der Waals surface area (Å²) in [6.07, 6.45) is 4.69.